The van der Waals surface area contributed by atoms with Crippen LogP contribution >= 0.6 is 0 Å². The van der Waals surface area contributed by atoms with Gasteiger partial charge in [-0.05, 0) is 26.2 Å². The normalized spacial score (nSPS) is 34.6. The van der Waals surface area contributed by atoms with E-state index in [2.05, 4.69) is 0 Å². The van der Waals surface area contributed by atoms with Crippen LogP contribution in [0.3, 0.4) is 0 Å². The Morgan fingerprint density at radius 2 is 1.94 bits per heavy atom. The van der Waals surface area contributed by atoms with Crippen LogP contribution in [-0.4, -0.2) is 28.7 Å². The number of carbonyl (C=O) groups is 1. The Balaban J connectivity index is 0.000000199. The number of allylic oxidation sites excluding steroid dienone is 2. The molecule has 0 aromatic heterocycles. The van der Waals surface area contributed by atoms with Gasteiger partial charge in [0.15, 0.2) is 0 Å². The van der Waals surface area contributed by atoms with Crippen LogP contribution in [0.15, 0.2) is 23.8 Å². The highest BCUT2D eigenvalue weighted by Crippen LogP contribution is 2.19. The van der Waals surface area contributed by atoms with Crippen molar-refractivity contribution in [2.75, 3.05) is 0 Å². The molecule has 2 aliphatic carbocycles. The van der Waals surface area contributed by atoms with Crippen LogP contribution in [0.2, 0.25) is 0 Å². The van der Waals surface area contributed by atoms with Crippen molar-refractivity contribution in [3.63, 3.8) is 0 Å². The molecule has 0 bridgehead atoms. The van der Waals surface area contributed by atoms with E-state index in [0.717, 1.165) is 19.3 Å². The van der Waals surface area contributed by atoms with Crippen LogP contribution in [0.25, 0.3) is 0 Å². The first-order valence-corrected chi connectivity index (χ1v) is 6.22. The van der Waals surface area contributed by atoms with Crippen molar-refractivity contribution in [2.45, 2.75) is 50.2 Å². The fraction of sp³-hybridized carbons (Fsp3) is 0.615. The lowest BCUT2D eigenvalue weighted by atomic mass is 9.89. The summed E-state index contributed by atoms with van der Waals surface area (Å²) in [5.74, 6) is -0.883. The first-order valence-electron chi connectivity index (χ1n) is 6.22. The number of rotatable bonds is 1. The van der Waals surface area contributed by atoms with Crippen molar-refractivity contribution in [1.82, 2.24) is 0 Å². The molecule has 5 nitrogen and oxygen atoms in total. The summed E-state index contributed by atoms with van der Waals surface area (Å²) in [5, 5.41) is 8.61. The maximum atomic E-state index is 10.5. The fourth-order valence-electron chi connectivity index (χ4n) is 2.11. The second-order valence-electron chi connectivity index (χ2n) is 5.37. The second kappa shape index (κ2) is 6.13. The SMILES string of the molecule is CC1(N)C=CC=C(C(=O)O)C1.N[C@@H]1CC[C@H](N)C1. The Kier molecular flexibility index (Phi) is 5.07. The van der Waals surface area contributed by atoms with Gasteiger partial charge < -0.3 is 22.3 Å². The lowest BCUT2D eigenvalue weighted by Crippen LogP contribution is -2.36. The molecule has 7 N–H and O–H groups in total. The predicted octanol–water partition coefficient (Wildman–Crippen LogP) is 0.500. The molecule has 102 valence electrons. The molecule has 1 fully saturated rings. The summed E-state index contributed by atoms with van der Waals surface area (Å²) >= 11 is 0. The third-order valence-corrected chi connectivity index (χ3v) is 3.13. The molecular formula is C13H23N3O2. The Morgan fingerprint density at radius 1 is 1.39 bits per heavy atom. The van der Waals surface area contributed by atoms with Gasteiger partial charge in [0.25, 0.3) is 0 Å². The van der Waals surface area contributed by atoms with Crippen LogP contribution in [0, 0.1) is 0 Å². The molecule has 3 atom stereocenters. The zero-order chi connectivity index (χ0) is 13.8. The Bertz CT molecular complexity index is 353. The zero-order valence-corrected chi connectivity index (χ0v) is 10.8. The van der Waals surface area contributed by atoms with Gasteiger partial charge in [0.2, 0.25) is 0 Å². The molecule has 2 aliphatic rings. The van der Waals surface area contributed by atoms with E-state index in [4.69, 9.17) is 22.3 Å². The minimum absolute atomic E-state index is 0.373. The van der Waals surface area contributed by atoms with Crippen molar-refractivity contribution in [1.29, 1.82) is 0 Å². The Hall–Kier alpha value is -1.17. The van der Waals surface area contributed by atoms with Crippen LogP contribution < -0.4 is 17.2 Å². The molecule has 0 aromatic carbocycles. The third kappa shape index (κ3) is 5.00. The van der Waals surface area contributed by atoms with Crippen molar-refractivity contribution in [3.8, 4) is 0 Å². The van der Waals surface area contributed by atoms with Gasteiger partial charge in [-0.1, -0.05) is 18.2 Å². The van der Waals surface area contributed by atoms with Crippen LogP contribution in [0.5, 0.6) is 0 Å². The third-order valence-electron chi connectivity index (χ3n) is 3.13. The molecule has 2 rings (SSSR count). The molecule has 0 spiro atoms. The van der Waals surface area contributed by atoms with Gasteiger partial charge in [0.1, 0.15) is 0 Å². The highest BCUT2D eigenvalue weighted by Gasteiger charge is 2.22. The summed E-state index contributed by atoms with van der Waals surface area (Å²) in [7, 11) is 0. The average molecular weight is 253 g/mol. The molecule has 0 amide bonds. The summed E-state index contributed by atoms with van der Waals surface area (Å²) in [6, 6.07) is 0.796. The van der Waals surface area contributed by atoms with Crippen molar-refractivity contribution in [3.05, 3.63) is 23.8 Å². The van der Waals surface area contributed by atoms with Gasteiger partial charge in [0.05, 0.1) is 0 Å². The minimum atomic E-state index is -0.883. The van der Waals surface area contributed by atoms with E-state index in [1.54, 1.807) is 25.2 Å². The molecule has 0 heterocycles. The topological polar surface area (TPSA) is 115 Å². The second-order valence-corrected chi connectivity index (χ2v) is 5.37. The zero-order valence-electron chi connectivity index (χ0n) is 10.8. The molecule has 1 unspecified atom stereocenters. The van der Waals surface area contributed by atoms with Crippen LogP contribution in [0.1, 0.15) is 32.6 Å². The lowest BCUT2D eigenvalue weighted by molar-refractivity contribution is -0.132. The molecular weight excluding hydrogens is 230 g/mol. The molecule has 18 heavy (non-hydrogen) atoms. The van der Waals surface area contributed by atoms with E-state index in [1.807, 2.05) is 0 Å². The summed E-state index contributed by atoms with van der Waals surface area (Å²) in [6.45, 7) is 1.80. The smallest absolute Gasteiger partial charge is 0.331 e. The van der Waals surface area contributed by atoms with Crippen molar-refractivity contribution < 1.29 is 9.90 Å². The molecule has 1 saturated carbocycles. The summed E-state index contributed by atoms with van der Waals surface area (Å²) in [6.07, 6.45) is 8.75. The maximum absolute atomic E-state index is 10.5. The summed E-state index contributed by atoms with van der Waals surface area (Å²) in [4.78, 5) is 10.5. The lowest BCUT2D eigenvalue weighted by Gasteiger charge is -2.22. The van der Waals surface area contributed by atoms with Crippen LogP contribution in [0.4, 0.5) is 0 Å². The van der Waals surface area contributed by atoms with Crippen molar-refractivity contribution in [2.24, 2.45) is 17.2 Å². The minimum Gasteiger partial charge on any atom is -0.478 e. The molecule has 0 aliphatic heterocycles. The molecule has 0 radical (unpaired) electrons. The van der Waals surface area contributed by atoms with E-state index < -0.39 is 11.5 Å². The quantitative estimate of drug-likeness (QED) is 0.543. The van der Waals surface area contributed by atoms with E-state index in [0.29, 0.717) is 24.1 Å². The molecule has 0 aromatic rings. The summed E-state index contributed by atoms with van der Waals surface area (Å²) < 4.78 is 0. The van der Waals surface area contributed by atoms with Gasteiger partial charge in [-0.3, -0.25) is 0 Å². The Morgan fingerprint density at radius 3 is 2.22 bits per heavy atom. The first kappa shape index (κ1) is 14.9. The van der Waals surface area contributed by atoms with E-state index in [9.17, 15) is 4.79 Å². The number of hydrogen-bond acceptors (Lipinski definition) is 4. The maximum Gasteiger partial charge on any atom is 0.331 e. The number of aliphatic carboxylic acids is 1. The van der Waals surface area contributed by atoms with Gasteiger partial charge in [-0.25, -0.2) is 4.79 Å². The predicted molar refractivity (Wildman–Crippen MR) is 71.9 cm³/mol. The monoisotopic (exact) mass is 253 g/mol. The fourth-order valence-corrected chi connectivity index (χ4v) is 2.11. The average Bonchev–Trinajstić information content (AvgIpc) is 2.62. The molecule has 0 saturated heterocycles. The Labute approximate surface area is 108 Å². The number of nitrogens with two attached hydrogens (primary N) is 3. The standard InChI is InChI=1S/C8H11NO2.C5H12N2/c1-8(9)4-2-3-6(5-8)7(10)11;6-4-1-2-5(7)3-4/h2-4H,5,9H2,1H3,(H,10,11);4-5H,1-3,6-7H2/t;4-,5+. The molecule has 5 heteroatoms. The summed E-state index contributed by atoms with van der Waals surface area (Å²) in [5.41, 5.74) is 16.7. The number of carboxylic acids is 1. The van der Waals surface area contributed by atoms with Gasteiger partial charge in [-0.2, -0.15) is 0 Å². The highest BCUT2D eigenvalue weighted by molar-refractivity contribution is 5.87. The highest BCUT2D eigenvalue weighted by atomic mass is 16.4. The first-order chi connectivity index (χ1) is 8.30. The van der Waals surface area contributed by atoms with Gasteiger partial charge >= 0.3 is 5.97 Å². The van der Waals surface area contributed by atoms with Crippen molar-refractivity contribution >= 4 is 5.97 Å². The van der Waals surface area contributed by atoms with E-state index in [1.165, 1.54) is 0 Å². The number of carboxylic acid groups (broad SMARTS) is 1. The largest absolute Gasteiger partial charge is 0.478 e. The van der Waals surface area contributed by atoms with Gasteiger partial charge in [-0.15, -0.1) is 0 Å². The van der Waals surface area contributed by atoms with Gasteiger partial charge in [0, 0.05) is 29.6 Å². The number of hydrogen-bond donors (Lipinski definition) is 4. The van der Waals surface area contributed by atoms with E-state index in [-0.39, 0.29) is 0 Å². The van der Waals surface area contributed by atoms with Crippen LogP contribution in [-0.2, 0) is 4.79 Å². The van der Waals surface area contributed by atoms with E-state index >= 15 is 0 Å².